The molecule has 0 saturated heterocycles. The van der Waals surface area contributed by atoms with Crippen molar-refractivity contribution < 1.29 is 15.7 Å². The minimum absolute atomic E-state index is 0.0514. The van der Waals surface area contributed by atoms with Crippen molar-refractivity contribution in [2.24, 2.45) is 0 Å². The van der Waals surface area contributed by atoms with Gasteiger partial charge in [-0.25, -0.2) is 0 Å². The van der Waals surface area contributed by atoms with Crippen LogP contribution in [0.4, 0.5) is 0 Å². The van der Waals surface area contributed by atoms with Gasteiger partial charge in [-0.2, -0.15) is 0 Å². The van der Waals surface area contributed by atoms with E-state index in [2.05, 4.69) is 0 Å². The zero-order valence-corrected chi connectivity index (χ0v) is 6.03. The predicted molar refractivity (Wildman–Crippen MR) is 25.4 cm³/mol. The second-order valence-electron chi connectivity index (χ2n) is 0.396. The Balaban J connectivity index is 2.62. The topological polar surface area (TPSA) is 0 Å². The van der Waals surface area contributed by atoms with Crippen LogP contribution in [0.5, 0.6) is 0 Å². The van der Waals surface area contributed by atoms with Gasteiger partial charge in [-0.3, -0.25) is 0 Å². The summed E-state index contributed by atoms with van der Waals surface area (Å²) >= 11 is 1.74. The maximum atomic E-state index is 5.32. The molecule has 0 fully saturated rings. The van der Waals surface area contributed by atoms with Crippen LogP contribution in [-0.4, -0.2) is 10.2 Å². The Kier molecular flexibility index (Phi) is 6.30. The van der Waals surface area contributed by atoms with Gasteiger partial charge in [-0.1, -0.05) is 0 Å². The van der Waals surface area contributed by atoms with Gasteiger partial charge in [0, 0.05) is 0 Å². The van der Waals surface area contributed by atoms with Gasteiger partial charge in [0.1, 0.15) is 0 Å². The van der Waals surface area contributed by atoms with E-state index in [9.17, 15) is 0 Å². The van der Waals surface area contributed by atoms with Crippen LogP contribution in [0.2, 0.25) is 0 Å². The van der Waals surface area contributed by atoms with Crippen molar-refractivity contribution in [3.05, 3.63) is 0 Å². The molecule has 0 rings (SSSR count). The van der Waals surface area contributed by atoms with Crippen molar-refractivity contribution in [1.82, 2.24) is 0 Å². The van der Waals surface area contributed by atoms with E-state index in [4.69, 9.17) is 9.69 Å². The third-order valence-electron chi connectivity index (χ3n) is 0.115. The standard InChI is InChI=1S/C2H4S.ClH.Ru/c1-3-2;;/h1H,2H3;1H;/q;;+1/p-1. The van der Waals surface area contributed by atoms with Crippen molar-refractivity contribution in [2.45, 2.75) is 0 Å². The van der Waals surface area contributed by atoms with Crippen LogP contribution in [-0.2, 0) is 15.7 Å². The quantitative estimate of drug-likeness (QED) is 0.571. The second-order valence-corrected chi connectivity index (χ2v) is 3.56. The van der Waals surface area contributed by atoms with E-state index >= 15 is 0 Å². The molecule has 0 amide bonds. The second kappa shape index (κ2) is 5.13. The Hall–Kier alpha value is 1.13. The molecule has 5 heavy (non-hydrogen) atoms. The summed E-state index contributed by atoms with van der Waals surface area (Å²) in [4.78, 5) is 0. The predicted octanol–water partition coefficient (Wildman–Crippen LogP) is 1.35. The molecule has 0 nitrogen and oxygen atoms in total. The Labute approximate surface area is 47.4 Å². The molecule has 0 saturated carbocycles. The summed E-state index contributed by atoms with van der Waals surface area (Å²) in [6.45, 7) is 0. The zero-order valence-electron chi connectivity index (χ0n) is 2.72. The average molecular weight is 197 g/mol. The molecule has 0 heterocycles. The molecule has 0 aliphatic carbocycles. The number of halogens is 1. The molecule has 0 aromatic carbocycles. The molecule has 0 aliphatic rings. The van der Waals surface area contributed by atoms with Crippen molar-refractivity contribution >= 4 is 25.4 Å². The van der Waals surface area contributed by atoms with Crippen LogP contribution in [0.25, 0.3) is 0 Å². The van der Waals surface area contributed by atoms with Crippen molar-refractivity contribution in [3.63, 3.8) is 0 Å². The molecule has 0 atom stereocenters. The summed E-state index contributed by atoms with van der Waals surface area (Å²) in [7, 11) is 5.32. The zero-order chi connectivity index (χ0) is 4.12. The van der Waals surface area contributed by atoms with Crippen molar-refractivity contribution in [3.8, 4) is 0 Å². The normalized spacial score (nSPS) is 11.6. The molecular weight excluding hydrogens is 193 g/mol. The van der Waals surface area contributed by atoms with Crippen molar-refractivity contribution in [1.29, 1.82) is 0 Å². The molecule has 0 unspecified atom stereocenters. The number of hydrogen-bond donors (Lipinski definition) is 0. The van der Waals surface area contributed by atoms with Gasteiger partial charge in [0.25, 0.3) is 0 Å². The van der Waals surface area contributed by atoms with Gasteiger partial charge in [0.05, 0.1) is 0 Å². The molecule has 0 N–H and O–H groups in total. The number of hydrogen-bond acceptors (Lipinski definition) is 1. The first-order valence-electron chi connectivity index (χ1n) is 0.982. The average Bonchev–Trinajstić information content (AvgIpc) is 1.41. The molecule has 0 aliphatic heterocycles. The Morgan fingerprint density at radius 1 is 2.00 bits per heavy atom. The molecule has 0 bridgehead atoms. The Morgan fingerprint density at radius 3 is 2.60 bits per heavy atom. The summed E-state index contributed by atoms with van der Waals surface area (Å²) in [6, 6.07) is 0. The molecule has 3 heteroatoms. The van der Waals surface area contributed by atoms with Gasteiger partial charge in [0.2, 0.25) is 0 Å². The molecule has 0 spiro atoms. The fourth-order valence-electron chi connectivity index (χ4n) is 0.0315. The van der Waals surface area contributed by atoms with E-state index in [1.165, 1.54) is 0 Å². The van der Waals surface area contributed by atoms with Crippen LogP contribution in [0, 0.1) is 0 Å². The van der Waals surface area contributed by atoms with E-state index < -0.39 is 0 Å². The van der Waals surface area contributed by atoms with E-state index in [1.54, 1.807) is 11.8 Å². The van der Waals surface area contributed by atoms with E-state index in [1.807, 2.05) is 10.2 Å². The summed E-state index contributed by atoms with van der Waals surface area (Å²) < 4.78 is 2.02. The third kappa shape index (κ3) is 5.13. The molecule has 0 radical (unpaired) electrons. The van der Waals surface area contributed by atoms with Gasteiger partial charge in [-0.15, -0.1) is 0 Å². The first kappa shape index (κ1) is 6.13. The van der Waals surface area contributed by atoms with Gasteiger partial charge < -0.3 is 0 Å². The van der Waals surface area contributed by atoms with Gasteiger partial charge in [0.15, 0.2) is 0 Å². The third-order valence-corrected chi connectivity index (χ3v) is 3.16. The Morgan fingerprint density at radius 2 is 2.60 bits per heavy atom. The fraction of sp³-hybridized carbons (Fsp3) is 0.500. The number of rotatable bonds is 1. The fourth-order valence-corrected chi connectivity index (χ4v) is 1.68. The first-order valence-corrected chi connectivity index (χ1v) is 5.51. The van der Waals surface area contributed by atoms with Crippen LogP contribution >= 0.6 is 21.5 Å². The SMILES string of the molecule is CS[CH]=[Ru][Cl]. The molecular formula is C2H4ClRuS. The summed E-state index contributed by atoms with van der Waals surface area (Å²) in [5, 5.41) is 0. The van der Waals surface area contributed by atoms with E-state index in [0.29, 0.717) is 0 Å². The monoisotopic (exact) mass is 197 g/mol. The van der Waals surface area contributed by atoms with Crippen molar-refractivity contribution in [2.75, 3.05) is 6.26 Å². The number of thioether (sulfide) groups is 1. The summed E-state index contributed by atoms with van der Waals surface area (Å²) in [6.07, 6.45) is 2.01. The van der Waals surface area contributed by atoms with E-state index in [-0.39, 0.29) is 15.7 Å². The van der Waals surface area contributed by atoms with Gasteiger partial charge in [-0.05, 0) is 0 Å². The summed E-state index contributed by atoms with van der Waals surface area (Å²) in [5.74, 6) is 0. The van der Waals surface area contributed by atoms with E-state index in [0.717, 1.165) is 0 Å². The summed E-state index contributed by atoms with van der Waals surface area (Å²) in [5.41, 5.74) is 0. The van der Waals surface area contributed by atoms with Crippen LogP contribution in [0.1, 0.15) is 0 Å². The van der Waals surface area contributed by atoms with Crippen LogP contribution in [0.15, 0.2) is 0 Å². The molecule has 0 aromatic rings. The first-order chi connectivity index (χ1) is 2.41. The van der Waals surface area contributed by atoms with Crippen LogP contribution < -0.4 is 0 Å². The maximum absolute atomic E-state index is 5.32. The molecule has 33 valence electrons. The minimum atomic E-state index is 0.0514. The van der Waals surface area contributed by atoms with Gasteiger partial charge >= 0.3 is 47.3 Å². The Bertz CT molecular complexity index is 36.6. The van der Waals surface area contributed by atoms with Crippen LogP contribution in [0.3, 0.4) is 0 Å². The molecule has 0 aromatic heterocycles.